The summed E-state index contributed by atoms with van der Waals surface area (Å²) in [6.45, 7) is 4.71. The second kappa shape index (κ2) is 10.4. The van der Waals surface area contributed by atoms with Crippen molar-refractivity contribution < 1.29 is 28.5 Å². The van der Waals surface area contributed by atoms with Crippen molar-refractivity contribution in [2.75, 3.05) is 39.6 Å². The van der Waals surface area contributed by atoms with Crippen molar-refractivity contribution in [3.05, 3.63) is 30.2 Å². The summed E-state index contributed by atoms with van der Waals surface area (Å²) >= 11 is 0. The van der Waals surface area contributed by atoms with Crippen LogP contribution in [0.2, 0.25) is 0 Å². The number of aromatic nitrogens is 3. The minimum Gasteiger partial charge on any atom is -0.492 e. The standard InChI is InChI=1S/C27H31N5O6/c1-2-35-27(34)32-9-7-16(8-10-32)11-29-26(33)18-12-28-24-22(18)30-14-31-23(24)21-19(36-13-17-3-4-17)5-6-20-25(21)38-15-37-20/h5-6,12,14,16-17,28H,2-4,7-11,13,15H2,1H3,(H,29,33). The molecule has 3 aromatic rings. The summed E-state index contributed by atoms with van der Waals surface area (Å²) in [5.74, 6) is 2.52. The maximum Gasteiger partial charge on any atom is 0.409 e. The molecule has 4 heterocycles. The highest BCUT2D eigenvalue weighted by atomic mass is 16.7. The lowest BCUT2D eigenvalue weighted by atomic mass is 9.97. The smallest absolute Gasteiger partial charge is 0.409 e. The lowest BCUT2D eigenvalue weighted by Crippen LogP contribution is -2.41. The minimum absolute atomic E-state index is 0.125. The molecule has 0 unspecified atom stereocenters. The molecule has 2 aliphatic heterocycles. The largest absolute Gasteiger partial charge is 0.492 e. The van der Waals surface area contributed by atoms with Crippen molar-refractivity contribution in [1.82, 2.24) is 25.2 Å². The molecule has 0 radical (unpaired) electrons. The topological polar surface area (TPSA) is 128 Å². The number of benzene rings is 1. The zero-order valence-electron chi connectivity index (χ0n) is 21.3. The summed E-state index contributed by atoms with van der Waals surface area (Å²) in [6.07, 6.45) is 6.81. The number of fused-ring (bicyclic) bond motifs is 2. The Morgan fingerprint density at radius 1 is 1.13 bits per heavy atom. The fourth-order valence-corrected chi connectivity index (χ4v) is 4.96. The highest BCUT2D eigenvalue weighted by Crippen LogP contribution is 2.48. The monoisotopic (exact) mass is 521 g/mol. The zero-order valence-corrected chi connectivity index (χ0v) is 21.3. The number of hydrogen-bond donors (Lipinski definition) is 2. The van der Waals surface area contributed by atoms with E-state index in [2.05, 4.69) is 20.3 Å². The van der Waals surface area contributed by atoms with Crippen LogP contribution >= 0.6 is 0 Å². The Kier molecular flexibility index (Phi) is 6.65. The van der Waals surface area contributed by atoms with E-state index in [1.54, 1.807) is 18.0 Å². The van der Waals surface area contributed by atoms with Crippen molar-refractivity contribution >= 4 is 23.0 Å². The van der Waals surface area contributed by atoms with Gasteiger partial charge in [-0.15, -0.1) is 0 Å². The van der Waals surface area contributed by atoms with Gasteiger partial charge in [0.2, 0.25) is 6.79 Å². The summed E-state index contributed by atoms with van der Waals surface area (Å²) in [5.41, 5.74) is 2.87. The lowest BCUT2D eigenvalue weighted by molar-refractivity contribution is 0.0868. The SMILES string of the molecule is CCOC(=O)N1CCC(CNC(=O)c2c[nH]c3c(-c4c(OCC5CC5)ccc5c4OCO5)ncnc23)CC1. The van der Waals surface area contributed by atoms with Gasteiger partial charge in [0.1, 0.15) is 23.3 Å². The summed E-state index contributed by atoms with van der Waals surface area (Å²) in [7, 11) is 0. The van der Waals surface area contributed by atoms with E-state index in [0.29, 0.717) is 83.9 Å². The number of hydrogen-bond acceptors (Lipinski definition) is 8. The molecule has 2 fully saturated rings. The number of piperidine rings is 1. The molecule has 200 valence electrons. The Hall–Kier alpha value is -4.02. The van der Waals surface area contributed by atoms with Gasteiger partial charge in [0, 0.05) is 25.8 Å². The molecule has 2 aromatic heterocycles. The zero-order chi connectivity index (χ0) is 26.1. The third-order valence-corrected chi connectivity index (χ3v) is 7.31. The number of likely N-dealkylation sites (tertiary alicyclic amines) is 1. The van der Waals surface area contributed by atoms with Crippen LogP contribution in [0.4, 0.5) is 4.79 Å². The lowest BCUT2D eigenvalue weighted by Gasteiger charge is -2.31. The third kappa shape index (κ3) is 4.80. The maximum atomic E-state index is 13.2. The predicted molar refractivity (Wildman–Crippen MR) is 137 cm³/mol. The Labute approximate surface area is 219 Å². The van der Waals surface area contributed by atoms with E-state index in [-0.39, 0.29) is 24.7 Å². The number of nitrogens with zero attached hydrogens (tertiary/aromatic N) is 3. The van der Waals surface area contributed by atoms with Crippen molar-refractivity contribution in [2.45, 2.75) is 32.6 Å². The van der Waals surface area contributed by atoms with Crippen molar-refractivity contribution in [3.63, 3.8) is 0 Å². The first-order chi connectivity index (χ1) is 18.6. The minimum atomic E-state index is -0.272. The molecule has 1 saturated carbocycles. The first kappa shape index (κ1) is 24.3. The van der Waals surface area contributed by atoms with E-state index in [1.807, 2.05) is 12.1 Å². The molecule has 1 aliphatic carbocycles. The molecule has 0 bridgehead atoms. The Bertz CT molecular complexity index is 1350. The van der Waals surface area contributed by atoms with E-state index >= 15 is 0 Å². The number of ether oxygens (including phenoxy) is 4. The van der Waals surface area contributed by atoms with Crippen LogP contribution < -0.4 is 19.5 Å². The molecule has 1 aromatic carbocycles. The summed E-state index contributed by atoms with van der Waals surface area (Å²) < 4.78 is 22.7. The number of rotatable bonds is 8. The number of carbonyl (C=O) groups excluding carboxylic acids is 2. The van der Waals surface area contributed by atoms with Gasteiger partial charge in [-0.2, -0.15) is 0 Å². The number of nitrogens with one attached hydrogen (secondary N) is 2. The maximum absolute atomic E-state index is 13.2. The van der Waals surface area contributed by atoms with Gasteiger partial charge in [-0.05, 0) is 56.6 Å². The molecule has 1 saturated heterocycles. The van der Waals surface area contributed by atoms with Crippen LogP contribution in [0.3, 0.4) is 0 Å². The van der Waals surface area contributed by atoms with E-state index in [0.717, 1.165) is 12.8 Å². The van der Waals surface area contributed by atoms with Gasteiger partial charge in [0.25, 0.3) is 5.91 Å². The van der Waals surface area contributed by atoms with Gasteiger partial charge in [-0.25, -0.2) is 14.8 Å². The van der Waals surface area contributed by atoms with Gasteiger partial charge >= 0.3 is 6.09 Å². The van der Waals surface area contributed by atoms with Crippen LogP contribution in [0.5, 0.6) is 17.2 Å². The average molecular weight is 522 g/mol. The molecule has 0 spiro atoms. The molecule has 2 amide bonds. The van der Waals surface area contributed by atoms with Crippen LogP contribution in [-0.2, 0) is 4.74 Å². The van der Waals surface area contributed by atoms with E-state index < -0.39 is 0 Å². The van der Waals surface area contributed by atoms with Crippen LogP contribution in [0.1, 0.15) is 43.0 Å². The fraction of sp³-hybridized carbons (Fsp3) is 0.481. The molecule has 6 rings (SSSR count). The van der Waals surface area contributed by atoms with Crippen LogP contribution in [0.25, 0.3) is 22.3 Å². The van der Waals surface area contributed by atoms with Crippen LogP contribution in [-0.4, -0.2) is 71.5 Å². The Balaban J connectivity index is 1.19. The molecular weight excluding hydrogens is 490 g/mol. The predicted octanol–water partition coefficient (Wildman–Crippen LogP) is 3.74. The number of H-pyrrole nitrogens is 1. The second-order valence-corrected chi connectivity index (χ2v) is 9.91. The van der Waals surface area contributed by atoms with E-state index in [4.69, 9.17) is 18.9 Å². The Morgan fingerprint density at radius 2 is 1.97 bits per heavy atom. The summed E-state index contributed by atoms with van der Waals surface area (Å²) in [4.78, 5) is 39.0. The van der Waals surface area contributed by atoms with Crippen molar-refractivity contribution in [3.8, 4) is 28.5 Å². The van der Waals surface area contributed by atoms with Crippen molar-refractivity contribution in [2.24, 2.45) is 11.8 Å². The molecular formula is C27H31N5O6. The Morgan fingerprint density at radius 3 is 2.76 bits per heavy atom. The van der Waals surface area contributed by atoms with Gasteiger partial charge in [-0.3, -0.25) is 4.79 Å². The normalized spacial score (nSPS) is 17.0. The van der Waals surface area contributed by atoms with Crippen LogP contribution in [0.15, 0.2) is 24.7 Å². The fourth-order valence-electron chi connectivity index (χ4n) is 4.96. The van der Waals surface area contributed by atoms with Gasteiger partial charge in [0.15, 0.2) is 11.5 Å². The van der Waals surface area contributed by atoms with Crippen molar-refractivity contribution in [1.29, 1.82) is 0 Å². The highest BCUT2D eigenvalue weighted by Gasteiger charge is 2.29. The van der Waals surface area contributed by atoms with Crippen LogP contribution in [0, 0.1) is 11.8 Å². The second-order valence-electron chi connectivity index (χ2n) is 9.91. The summed E-state index contributed by atoms with van der Waals surface area (Å²) in [5, 5.41) is 3.04. The van der Waals surface area contributed by atoms with Gasteiger partial charge < -0.3 is 34.1 Å². The molecule has 11 heteroatoms. The number of aromatic amines is 1. The quantitative estimate of drug-likeness (QED) is 0.459. The average Bonchev–Trinajstić information content (AvgIpc) is 3.46. The number of carbonyl (C=O) groups is 2. The van der Waals surface area contributed by atoms with Gasteiger partial charge in [-0.1, -0.05) is 0 Å². The van der Waals surface area contributed by atoms with E-state index in [9.17, 15) is 9.59 Å². The molecule has 11 nitrogen and oxygen atoms in total. The third-order valence-electron chi connectivity index (χ3n) is 7.31. The first-order valence-electron chi connectivity index (χ1n) is 13.2. The van der Waals surface area contributed by atoms with E-state index in [1.165, 1.54) is 19.2 Å². The summed E-state index contributed by atoms with van der Waals surface area (Å²) in [6, 6.07) is 3.72. The first-order valence-corrected chi connectivity index (χ1v) is 13.2. The molecule has 0 atom stereocenters. The molecule has 3 aliphatic rings. The van der Waals surface area contributed by atoms with Gasteiger partial charge in [0.05, 0.1) is 29.9 Å². The molecule has 2 N–H and O–H groups in total. The molecule has 38 heavy (non-hydrogen) atoms. The number of amides is 2. The highest BCUT2D eigenvalue weighted by molar-refractivity contribution is 6.08.